The van der Waals surface area contributed by atoms with E-state index < -0.39 is 0 Å². The lowest BCUT2D eigenvalue weighted by Crippen LogP contribution is -2.29. The number of rotatable bonds is 2. The van der Waals surface area contributed by atoms with Gasteiger partial charge in [-0.3, -0.25) is 0 Å². The van der Waals surface area contributed by atoms with Crippen LogP contribution in [0.1, 0.15) is 33.1 Å². The molecule has 3 atom stereocenters. The summed E-state index contributed by atoms with van der Waals surface area (Å²) in [6.07, 6.45) is 3.84. The fraction of sp³-hybridized carbons (Fsp3) is 1.00. The lowest BCUT2D eigenvalue weighted by molar-refractivity contribution is 0.154. The number of fused-ring (bicyclic) bond motifs is 1. The fourth-order valence-corrected chi connectivity index (χ4v) is 2.38. The molecule has 1 N–H and O–H groups in total. The van der Waals surface area contributed by atoms with Gasteiger partial charge in [-0.15, -0.1) is 0 Å². The lowest BCUT2D eigenvalue weighted by atomic mass is 9.77. The SMILES string of the molecule is CC(C)[C@@H]1CC[C@]2(CO)OC2C1. The molecule has 2 rings (SSSR count). The van der Waals surface area contributed by atoms with E-state index >= 15 is 0 Å². The molecular formula is C10H18O2. The maximum atomic E-state index is 9.09. The van der Waals surface area contributed by atoms with Crippen molar-refractivity contribution in [3.8, 4) is 0 Å². The summed E-state index contributed by atoms with van der Waals surface area (Å²) in [6.45, 7) is 4.78. The van der Waals surface area contributed by atoms with Gasteiger partial charge in [0, 0.05) is 0 Å². The molecule has 1 saturated heterocycles. The number of aliphatic hydroxyl groups is 1. The van der Waals surface area contributed by atoms with Gasteiger partial charge in [0.2, 0.25) is 0 Å². The van der Waals surface area contributed by atoms with E-state index in [1.54, 1.807) is 0 Å². The van der Waals surface area contributed by atoms with Crippen molar-refractivity contribution in [2.24, 2.45) is 11.8 Å². The van der Waals surface area contributed by atoms with Crippen LogP contribution in [0.2, 0.25) is 0 Å². The quantitative estimate of drug-likeness (QED) is 0.638. The van der Waals surface area contributed by atoms with Gasteiger partial charge in [-0.2, -0.15) is 0 Å². The first-order valence-electron chi connectivity index (χ1n) is 4.96. The van der Waals surface area contributed by atoms with Crippen LogP contribution in [0.25, 0.3) is 0 Å². The predicted octanol–water partition coefficient (Wildman–Crippen LogP) is 1.57. The van der Waals surface area contributed by atoms with Crippen LogP contribution in [-0.2, 0) is 4.74 Å². The third kappa shape index (κ3) is 1.17. The highest BCUT2D eigenvalue weighted by molar-refractivity contribution is 5.06. The second-order valence-corrected chi connectivity index (χ2v) is 4.61. The predicted molar refractivity (Wildman–Crippen MR) is 46.9 cm³/mol. The molecule has 0 amide bonds. The van der Waals surface area contributed by atoms with Crippen LogP contribution in [0.15, 0.2) is 0 Å². The molecule has 1 aliphatic heterocycles. The minimum atomic E-state index is -0.0919. The third-order valence-electron chi connectivity index (χ3n) is 3.57. The number of epoxide rings is 1. The lowest BCUT2D eigenvalue weighted by Gasteiger charge is -2.26. The van der Waals surface area contributed by atoms with Crippen LogP contribution in [-0.4, -0.2) is 23.4 Å². The molecule has 70 valence electrons. The number of ether oxygens (including phenoxy) is 1. The molecule has 2 aliphatic rings. The largest absolute Gasteiger partial charge is 0.393 e. The molecule has 0 spiro atoms. The minimum Gasteiger partial charge on any atom is -0.393 e. The summed E-state index contributed by atoms with van der Waals surface area (Å²) >= 11 is 0. The van der Waals surface area contributed by atoms with E-state index in [9.17, 15) is 0 Å². The topological polar surface area (TPSA) is 32.8 Å². The number of hydrogen-bond acceptors (Lipinski definition) is 2. The Morgan fingerprint density at radius 3 is 2.83 bits per heavy atom. The first-order chi connectivity index (χ1) is 5.68. The maximum absolute atomic E-state index is 9.09. The fourth-order valence-electron chi connectivity index (χ4n) is 2.38. The molecule has 2 nitrogen and oxygen atoms in total. The molecule has 0 radical (unpaired) electrons. The van der Waals surface area contributed by atoms with E-state index in [0.29, 0.717) is 6.10 Å². The van der Waals surface area contributed by atoms with Crippen LogP contribution in [0.4, 0.5) is 0 Å². The van der Waals surface area contributed by atoms with Gasteiger partial charge in [-0.1, -0.05) is 13.8 Å². The van der Waals surface area contributed by atoms with Gasteiger partial charge < -0.3 is 9.84 Å². The van der Waals surface area contributed by atoms with Crippen molar-refractivity contribution in [3.63, 3.8) is 0 Å². The molecule has 0 aromatic heterocycles. The molecule has 0 aromatic rings. The zero-order valence-electron chi connectivity index (χ0n) is 7.92. The van der Waals surface area contributed by atoms with Gasteiger partial charge in [0.1, 0.15) is 5.60 Å². The van der Waals surface area contributed by atoms with Crippen LogP contribution >= 0.6 is 0 Å². The summed E-state index contributed by atoms with van der Waals surface area (Å²) in [5.41, 5.74) is -0.0919. The molecule has 1 unspecified atom stereocenters. The van der Waals surface area contributed by atoms with Crippen molar-refractivity contribution < 1.29 is 9.84 Å². The summed E-state index contributed by atoms with van der Waals surface area (Å²) in [5, 5.41) is 9.09. The van der Waals surface area contributed by atoms with E-state index in [0.717, 1.165) is 24.7 Å². The van der Waals surface area contributed by atoms with Crippen molar-refractivity contribution in [3.05, 3.63) is 0 Å². The smallest absolute Gasteiger partial charge is 0.118 e. The molecule has 2 heteroatoms. The Kier molecular flexibility index (Phi) is 1.92. The van der Waals surface area contributed by atoms with E-state index in [1.807, 2.05) is 0 Å². The van der Waals surface area contributed by atoms with Crippen LogP contribution in [0, 0.1) is 11.8 Å². The van der Waals surface area contributed by atoms with Gasteiger partial charge in [0.25, 0.3) is 0 Å². The molecule has 0 bridgehead atoms. The Bertz CT molecular complexity index is 179. The molecule has 1 aliphatic carbocycles. The van der Waals surface area contributed by atoms with E-state index in [2.05, 4.69) is 13.8 Å². The molecule has 1 saturated carbocycles. The highest BCUT2D eigenvalue weighted by Crippen LogP contribution is 2.50. The molecule has 1 heterocycles. The minimum absolute atomic E-state index is 0.0919. The van der Waals surface area contributed by atoms with E-state index in [1.165, 1.54) is 6.42 Å². The van der Waals surface area contributed by atoms with Crippen molar-refractivity contribution in [2.45, 2.75) is 44.8 Å². The van der Waals surface area contributed by atoms with Crippen LogP contribution in [0.3, 0.4) is 0 Å². The first kappa shape index (κ1) is 8.52. The average molecular weight is 170 g/mol. The molecular weight excluding hydrogens is 152 g/mol. The standard InChI is InChI=1S/C10H18O2/c1-7(2)8-3-4-10(6-11)9(5-8)12-10/h7-9,11H,3-6H2,1-2H3/t8-,9?,10-/m1/s1. The summed E-state index contributed by atoms with van der Waals surface area (Å²) in [4.78, 5) is 0. The zero-order chi connectivity index (χ0) is 8.77. The second kappa shape index (κ2) is 2.71. The Hall–Kier alpha value is -0.0800. The maximum Gasteiger partial charge on any atom is 0.118 e. The van der Waals surface area contributed by atoms with Crippen LogP contribution < -0.4 is 0 Å². The third-order valence-corrected chi connectivity index (χ3v) is 3.57. The second-order valence-electron chi connectivity index (χ2n) is 4.61. The Balaban J connectivity index is 1.92. The zero-order valence-corrected chi connectivity index (χ0v) is 7.92. The monoisotopic (exact) mass is 170 g/mol. The van der Waals surface area contributed by atoms with Gasteiger partial charge >= 0.3 is 0 Å². The average Bonchev–Trinajstić information content (AvgIpc) is 2.77. The summed E-state index contributed by atoms with van der Waals surface area (Å²) in [5.74, 6) is 1.59. The van der Waals surface area contributed by atoms with Gasteiger partial charge in [-0.25, -0.2) is 0 Å². The first-order valence-corrected chi connectivity index (χ1v) is 4.96. The van der Waals surface area contributed by atoms with Crippen molar-refractivity contribution >= 4 is 0 Å². The van der Waals surface area contributed by atoms with Gasteiger partial charge in [0.05, 0.1) is 12.7 Å². The van der Waals surface area contributed by atoms with Crippen molar-refractivity contribution in [1.82, 2.24) is 0 Å². The van der Waals surface area contributed by atoms with Crippen LogP contribution in [0.5, 0.6) is 0 Å². The number of aliphatic hydroxyl groups excluding tert-OH is 1. The Morgan fingerprint density at radius 2 is 2.33 bits per heavy atom. The number of hydrogen-bond donors (Lipinski definition) is 1. The summed E-state index contributed by atoms with van der Waals surface area (Å²) < 4.78 is 5.54. The highest BCUT2D eigenvalue weighted by atomic mass is 16.6. The van der Waals surface area contributed by atoms with Crippen molar-refractivity contribution in [1.29, 1.82) is 0 Å². The normalized spacial score (nSPS) is 46.0. The van der Waals surface area contributed by atoms with E-state index in [-0.39, 0.29) is 12.2 Å². The summed E-state index contributed by atoms with van der Waals surface area (Å²) in [7, 11) is 0. The summed E-state index contributed by atoms with van der Waals surface area (Å²) in [6, 6.07) is 0. The van der Waals surface area contributed by atoms with Gasteiger partial charge in [0.15, 0.2) is 0 Å². The van der Waals surface area contributed by atoms with Crippen molar-refractivity contribution in [2.75, 3.05) is 6.61 Å². The molecule has 12 heavy (non-hydrogen) atoms. The molecule has 0 aromatic carbocycles. The highest BCUT2D eigenvalue weighted by Gasteiger charge is 2.58. The van der Waals surface area contributed by atoms with E-state index in [4.69, 9.17) is 9.84 Å². The Morgan fingerprint density at radius 1 is 1.58 bits per heavy atom. The molecule has 2 fully saturated rings. The Labute approximate surface area is 73.9 Å². The van der Waals surface area contributed by atoms with Gasteiger partial charge in [-0.05, 0) is 31.1 Å².